The lowest BCUT2D eigenvalue weighted by atomic mass is 10.2. The Labute approximate surface area is 121 Å². The largest absolute Gasteiger partial charge is 0.462 e. The van der Waals surface area contributed by atoms with Crippen molar-refractivity contribution < 1.29 is 4.42 Å². The van der Waals surface area contributed by atoms with E-state index in [4.69, 9.17) is 4.42 Å². The molecule has 0 aliphatic carbocycles. The van der Waals surface area contributed by atoms with Crippen molar-refractivity contribution in [2.24, 2.45) is 0 Å². The van der Waals surface area contributed by atoms with Crippen LogP contribution in [0.15, 0.2) is 16.5 Å². The average molecular weight is 275 g/mol. The molecule has 110 valence electrons. The molecule has 0 aromatic carbocycles. The first-order chi connectivity index (χ1) is 9.67. The lowest BCUT2D eigenvalue weighted by Crippen LogP contribution is -2.11. The highest BCUT2D eigenvalue weighted by atomic mass is 16.3. The van der Waals surface area contributed by atoms with Crippen molar-refractivity contribution in [2.45, 2.75) is 53.6 Å². The summed E-state index contributed by atoms with van der Waals surface area (Å²) in [5.74, 6) is 2.01. The van der Waals surface area contributed by atoms with Gasteiger partial charge in [-0.05, 0) is 44.0 Å². The third kappa shape index (κ3) is 3.31. The number of nitrogens with zero attached hydrogens (tertiary/aromatic N) is 2. The lowest BCUT2D eigenvalue weighted by Gasteiger charge is -2.03. The van der Waals surface area contributed by atoms with Gasteiger partial charge in [-0.15, -0.1) is 0 Å². The number of rotatable bonds is 7. The molecule has 2 heterocycles. The van der Waals surface area contributed by atoms with E-state index in [0.29, 0.717) is 0 Å². The third-order valence-corrected chi connectivity index (χ3v) is 3.55. The minimum absolute atomic E-state index is 0.718. The van der Waals surface area contributed by atoms with E-state index >= 15 is 0 Å². The molecule has 0 unspecified atom stereocenters. The van der Waals surface area contributed by atoms with Crippen LogP contribution in [0.4, 0.5) is 0 Å². The summed E-state index contributed by atoms with van der Waals surface area (Å²) in [5, 5.41) is 7.94. The molecular formula is C16H25N3O. The molecule has 20 heavy (non-hydrogen) atoms. The number of hydrogen-bond acceptors (Lipinski definition) is 3. The summed E-state index contributed by atoms with van der Waals surface area (Å²) in [6.07, 6.45) is 1.97. The van der Waals surface area contributed by atoms with Crippen LogP contribution in [-0.4, -0.2) is 16.3 Å². The molecule has 0 spiro atoms. The van der Waals surface area contributed by atoms with Crippen LogP contribution in [0.1, 0.15) is 49.2 Å². The first-order valence-electron chi connectivity index (χ1n) is 7.52. The molecule has 2 aromatic rings. The number of furan rings is 1. The number of aromatic nitrogens is 2. The van der Waals surface area contributed by atoms with Crippen molar-refractivity contribution in [1.29, 1.82) is 0 Å². The number of hydrogen-bond donors (Lipinski definition) is 1. The number of aryl methyl sites for hydroxylation is 3. The Morgan fingerprint density at radius 1 is 1.20 bits per heavy atom. The van der Waals surface area contributed by atoms with E-state index in [2.05, 4.69) is 54.9 Å². The van der Waals surface area contributed by atoms with Crippen LogP contribution in [0, 0.1) is 6.92 Å². The van der Waals surface area contributed by atoms with Crippen LogP contribution in [0.5, 0.6) is 0 Å². The normalized spacial score (nSPS) is 11.2. The van der Waals surface area contributed by atoms with Gasteiger partial charge in [-0.3, -0.25) is 4.68 Å². The Bertz CT molecular complexity index is 554. The zero-order valence-electron chi connectivity index (χ0n) is 13.0. The molecule has 0 aliphatic rings. The first kappa shape index (κ1) is 14.9. The highest BCUT2D eigenvalue weighted by Crippen LogP contribution is 2.17. The number of nitrogens with one attached hydrogen (secondary N) is 1. The molecule has 4 nitrogen and oxygen atoms in total. The molecule has 0 fully saturated rings. The van der Waals surface area contributed by atoms with Crippen molar-refractivity contribution in [3.63, 3.8) is 0 Å². The van der Waals surface area contributed by atoms with Gasteiger partial charge in [0.1, 0.15) is 11.5 Å². The predicted molar refractivity (Wildman–Crippen MR) is 80.9 cm³/mol. The van der Waals surface area contributed by atoms with E-state index in [1.807, 2.05) is 0 Å². The van der Waals surface area contributed by atoms with E-state index < -0.39 is 0 Å². The molecule has 2 aromatic heterocycles. The molecule has 0 radical (unpaired) electrons. The van der Waals surface area contributed by atoms with E-state index in [1.165, 1.54) is 11.3 Å². The maximum atomic E-state index is 5.94. The van der Waals surface area contributed by atoms with Gasteiger partial charge in [-0.2, -0.15) is 5.10 Å². The summed E-state index contributed by atoms with van der Waals surface area (Å²) < 4.78 is 8.00. The minimum atomic E-state index is 0.718. The van der Waals surface area contributed by atoms with Crippen molar-refractivity contribution >= 4 is 0 Å². The average Bonchev–Trinajstić information content (AvgIpc) is 3.00. The fourth-order valence-electron chi connectivity index (χ4n) is 2.34. The quantitative estimate of drug-likeness (QED) is 0.844. The smallest absolute Gasteiger partial charge is 0.126 e. The molecule has 0 atom stereocenters. The Morgan fingerprint density at radius 2 is 2.00 bits per heavy atom. The Balaban J connectivity index is 2.15. The molecule has 0 saturated heterocycles. The van der Waals surface area contributed by atoms with Gasteiger partial charge in [0.05, 0.1) is 18.8 Å². The molecule has 2 rings (SSSR count). The van der Waals surface area contributed by atoms with Crippen LogP contribution in [-0.2, 0) is 25.9 Å². The van der Waals surface area contributed by atoms with Crippen molar-refractivity contribution in [3.8, 4) is 0 Å². The summed E-state index contributed by atoms with van der Waals surface area (Å²) in [4.78, 5) is 0. The standard InChI is InChI=1S/C16H25N3O/c1-5-13-9-14(6-2)19(18-13)11-15-8-12(4)16(20-15)10-17-7-3/h8-9,17H,5-7,10-11H2,1-4H3. The zero-order chi connectivity index (χ0) is 14.5. The van der Waals surface area contributed by atoms with Gasteiger partial charge in [0.15, 0.2) is 0 Å². The van der Waals surface area contributed by atoms with E-state index in [-0.39, 0.29) is 0 Å². The monoisotopic (exact) mass is 275 g/mol. The van der Waals surface area contributed by atoms with Crippen LogP contribution in [0.25, 0.3) is 0 Å². The van der Waals surface area contributed by atoms with E-state index in [0.717, 1.165) is 49.7 Å². The Kier molecular flexibility index (Phi) is 5.01. The fourth-order valence-corrected chi connectivity index (χ4v) is 2.34. The molecule has 0 amide bonds. The van der Waals surface area contributed by atoms with Gasteiger partial charge >= 0.3 is 0 Å². The van der Waals surface area contributed by atoms with Crippen molar-refractivity contribution in [2.75, 3.05) is 6.54 Å². The predicted octanol–water partition coefficient (Wildman–Crippen LogP) is 3.07. The molecule has 0 aliphatic heterocycles. The Hall–Kier alpha value is -1.55. The fraction of sp³-hybridized carbons (Fsp3) is 0.562. The van der Waals surface area contributed by atoms with Gasteiger partial charge in [0.25, 0.3) is 0 Å². The topological polar surface area (TPSA) is 43.0 Å². The van der Waals surface area contributed by atoms with Gasteiger partial charge in [-0.25, -0.2) is 0 Å². The van der Waals surface area contributed by atoms with Crippen molar-refractivity contribution in [1.82, 2.24) is 15.1 Å². The summed E-state index contributed by atoms with van der Waals surface area (Å²) in [6, 6.07) is 4.31. The third-order valence-electron chi connectivity index (χ3n) is 3.55. The molecular weight excluding hydrogens is 250 g/mol. The highest BCUT2D eigenvalue weighted by Gasteiger charge is 2.11. The molecule has 0 bridgehead atoms. The molecule has 0 saturated carbocycles. The van der Waals surface area contributed by atoms with Gasteiger partial charge in [0.2, 0.25) is 0 Å². The van der Waals surface area contributed by atoms with Crippen molar-refractivity contribution in [3.05, 3.63) is 40.6 Å². The van der Waals surface area contributed by atoms with Gasteiger partial charge in [-0.1, -0.05) is 20.8 Å². The Morgan fingerprint density at radius 3 is 2.65 bits per heavy atom. The van der Waals surface area contributed by atoms with E-state index in [9.17, 15) is 0 Å². The molecule has 1 N–H and O–H groups in total. The van der Waals surface area contributed by atoms with Crippen LogP contribution in [0.2, 0.25) is 0 Å². The lowest BCUT2D eigenvalue weighted by molar-refractivity contribution is 0.427. The summed E-state index contributed by atoms with van der Waals surface area (Å²) in [7, 11) is 0. The maximum Gasteiger partial charge on any atom is 0.126 e. The van der Waals surface area contributed by atoms with Gasteiger partial charge < -0.3 is 9.73 Å². The van der Waals surface area contributed by atoms with Crippen LogP contribution >= 0.6 is 0 Å². The van der Waals surface area contributed by atoms with Crippen LogP contribution < -0.4 is 5.32 Å². The first-order valence-corrected chi connectivity index (χ1v) is 7.52. The maximum absolute atomic E-state index is 5.94. The second-order valence-corrected chi connectivity index (χ2v) is 5.09. The van der Waals surface area contributed by atoms with E-state index in [1.54, 1.807) is 0 Å². The summed E-state index contributed by atoms with van der Waals surface area (Å²) in [5.41, 5.74) is 3.63. The second kappa shape index (κ2) is 6.75. The summed E-state index contributed by atoms with van der Waals surface area (Å²) >= 11 is 0. The SMILES string of the molecule is CCNCc1oc(Cn2nc(CC)cc2CC)cc1C. The van der Waals surface area contributed by atoms with Gasteiger partial charge in [0, 0.05) is 5.69 Å². The highest BCUT2D eigenvalue weighted by molar-refractivity contribution is 5.21. The molecule has 4 heteroatoms. The zero-order valence-corrected chi connectivity index (χ0v) is 13.0. The minimum Gasteiger partial charge on any atom is -0.462 e. The second-order valence-electron chi connectivity index (χ2n) is 5.09. The van der Waals surface area contributed by atoms with Crippen LogP contribution in [0.3, 0.4) is 0 Å². The summed E-state index contributed by atoms with van der Waals surface area (Å²) in [6.45, 7) is 11.0.